The number of pyridine rings is 1. The molecule has 0 aliphatic carbocycles. The average molecular weight is 357 g/mol. The van der Waals surface area contributed by atoms with Gasteiger partial charge in [-0.3, -0.25) is 9.36 Å². The SMILES string of the molecule is CO[C@H]1CCCOC12CCN(C(=O)c1ccnc(-n3cnnc3)c1)CC2. The van der Waals surface area contributed by atoms with Gasteiger partial charge >= 0.3 is 0 Å². The van der Waals surface area contributed by atoms with E-state index < -0.39 is 0 Å². The molecule has 0 N–H and O–H groups in total. The van der Waals surface area contributed by atoms with Crippen LogP contribution in [0.3, 0.4) is 0 Å². The molecule has 1 atom stereocenters. The first-order valence-electron chi connectivity index (χ1n) is 8.99. The van der Waals surface area contributed by atoms with E-state index in [0.29, 0.717) is 24.5 Å². The summed E-state index contributed by atoms with van der Waals surface area (Å²) >= 11 is 0. The molecule has 8 nitrogen and oxygen atoms in total. The second kappa shape index (κ2) is 7.13. The van der Waals surface area contributed by atoms with Crippen LogP contribution in [0.15, 0.2) is 31.0 Å². The molecule has 4 rings (SSSR count). The minimum absolute atomic E-state index is 0.0151. The van der Waals surface area contributed by atoms with Crippen molar-refractivity contribution in [1.29, 1.82) is 0 Å². The van der Waals surface area contributed by atoms with Crippen LogP contribution in [0.5, 0.6) is 0 Å². The standard InChI is InChI=1S/C18H23N5O3/c1-25-15-3-2-10-26-18(15)5-8-22(9-6-18)17(24)14-4-7-19-16(11-14)23-12-20-21-13-23/h4,7,11-13,15H,2-3,5-6,8-10H2,1H3/t15-/m0/s1. The van der Waals surface area contributed by atoms with Crippen molar-refractivity contribution < 1.29 is 14.3 Å². The molecule has 2 aromatic rings. The van der Waals surface area contributed by atoms with E-state index in [-0.39, 0.29) is 17.6 Å². The Morgan fingerprint density at radius 1 is 1.31 bits per heavy atom. The summed E-state index contributed by atoms with van der Waals surface area (Å²) in [6.45, 7) is 2.12. The molecule has 1 spiro atoms. The zero-order valence-electron chi connectivity index (χ0n) is 14.9. The third kappa shape index (κ3) is 3.10. The fourth-order valence-corrected chi connectivity index (χ4v) is 3.98. The molecule has 2 aliphatic rings. The number of piperidine rings is 1. The van der Waals surface area contributed by atoms with Crippen LogP contribution in [0.2, 0.25) is 0 Å². The molecule has 2 aliphatic heterocycles. The Labute approximate surface area is 152 Å². The Bertz CT molecular complexity index is 756. The van der Waals surface area contributed by atoms with Gasteiger partial charge in [-0.15, -0.1) is 10.2 Å². The lowest BCUT2D eigenvalue weighted by Gasteiger charge is -2.48. The first-order valence-corrected chi connectivity index (χ1v) is 8.99. The van der Waals surface area contributed by atoms with Crippen molar-refractivity contribution in [3.8, 4) is 5.82 Å². The summed E-state index contributed by atoms with van der Waals surface area (Å²) in [5, 5.41) is 7.56. The van der Waals surface area contributed by atoms with Gasteiger partial charge in [0.2, 0.25) is 0 Å². The molecular weight excluding hydrogens is 334 g/mol. The number of methoxy groups -OCH3 is 1. The van der Waals surface area contributed by atoms with Crippen LogP contribution in [0, 0.1) is 0 Å². The first kappa shape index (κ1) is 17.1. The minimum atomic E-state index is -0.240. The monoisotopic (exact) mass is 357 g/mol. The minimum Gasteiger partial charge on any atom is -0.378 e. The van der Waals surface area contributed by atoms with Gasteiger partial charge in [-0.2, -0.15) is 0 Å². The van der Waals surface area contributed by atoms with Crippen molar-refractivity contribution in [1.82, 2.24) is 24.6 Å². The number of hydrogen-bond acceptors (Lipinski definition) is 6. The molecule has 0 saturated carbocycles. The van der Waals surface area contributed by atoms with Crippen LogP contribution in [-0.2, 0) is 9.47 Å². The Kier molecular flexibility index (Phi) is 4.69. The number of carbonyl (C=O) groups excluding carboxylic acids is 1. The van der Waals surface area contributed by atoms with E-state index in [4.69, 9.17) is 9.47 Å². The second-order valence-corrected chi connectivity index (χ2v) is 6.84. The van der Waals surface area contributed by atoms with E-state index in [1.807, 2.05) is 4.90 Å². The van der Waals surface area contributed by atoms with Gasteiger partial charge in [-0.25, -0.2) is 4.98 Å². The highest BCUT2D eigenvalue weighted by Crippen LogP contribution is 2.37. The summed E-state index contributed by atoms with van der Waals surface area (Å²) in [7, 11) is 1.75. The lowest BCUT2D eigenvalue weighted by Crippen LogP contribution is -2.56. The quantitative estimate of drug-likeness (QED) is 0.827. The van der Waals surface area contributed by atoms with Crippen molar-refractivity contribution in [2.75, 3.05) is 26.8 Å². The summed E-state index contributed by atoms with van der Waals surface area (Å²) in [5.74, 6) is 0.644. The normalized spacial score (nSPS) is 22.5. The number of nitrogens with zero attached hydrogens (tertiary/aromatic N) is 5. The molecular formula is C18H23N5O3. The van der Waals surface area contributed by atoms with E-state index in [2.05, 4.69) is 15.2 Å². The van der Waals surface area contributed by atoms with Crippen LogP contribution >= 0.6 is 0 Å². The third-order valence-corrected chi connectivity index (χ3v) is 5.44. The molecule has 2 saturated heterocycles. The van der Waals surface area contributed by atoms with Gasteiger partial charge in [-0.05, 0) is 37.8 Å². The van der Waals surface area contributed by atoms with E-state index in [1.54, 1.807) is 42.7 Å². The highest BCUT2D eigenvalue weighted by Gasteiger charge is 2.45. The van der Waals surface area contributed by atoms with Crippen molar-refractivity contribution in [3.63, 3.8) is 0 Å². The zero-order valence-corrected chi connectivity index (χ0v) is 14.9. The van der Waals surface area contributed by atoms with Crippen molar-refractivity contribution in [3.05, 3.63) is 36.5 Å². The Balaban J connectivity index is 1.46. The Morgan fingerprint density at radius 2 is 2.08 bits per heavy atom. The number of likely N-dealkylation sites (tertiary alicyclic amines) is 1. The summed E-state index contributed by atoms with van der Waals surface area (Å²) in [5.41, 5.74) is 0.378. The van der Waals surface area contributed by atoms with Gasteiger partial charge in [0.15, 0.2) is 0 Å². The Morgan fingerprint density at radius 3 is 2.81 bits per heavy atom. The number of amides is 1. The molecule has 0 bridgehead atoms. The Hall–Kier alpha value is -2.32. The molecule has 26 heavy (non-hydrogen) atoms. The van der Waals surface area contributed by atoms with Crippen LogP contribution in [0.4, 0.5) is 0 Å². The van der Waals surface area contributed by atoms with E-state index in [0.717, 1.165) is 32.3 Å². The van der Waals surface area contributed by atoms with Gasteiger partial charge in [0.25, 0.3) is 5.91 Å². The largest absolute Gasteiger partial charge is 0.378 e. The zero-order chi connectivity index (χ0) is 18.0. The predicted molar refractivity (Wildman–Crippen MR) is 93.0 cm³/mol. The summed E-state index contributed by atoms with van der Waals surface area (Å²) in [6, 6.07) is 3.51. The maximum Gasteiger partial charge on any atom is 0.254 e. The van der Waals surface area contributed by atoms with Crippen molar-refractivity contribution >= 4 is 5.91 Å². The first-order chi connectivity index (χ1) is 12.7. The molecule has 4 heterocycles. The molecule has 0 unspecified atom stereocenters. The fourth-order valence-electron chi connectivity index (χ4n) is 3.98. The van der Waals surface area contributed by atoms with Gasteiger partial charge in [0.1, 0.15) is 18.5 Å². The van der Waals surface area contributed by atoms with Crippen LogP contribution in [-0.4, -0.2) is 69.1 Å². The maximum absolute atomic E-state index is 12.9. The molecule has 0 aromatic carbocycles. The van der Waals surface area contributed by atoms with E-state index >= 15 is 0 Å². The van der Waals surface area contributed by atoms with E-state index in [9.17, 15) is 4.79 Å². The number of hydrogen-bond donors (Lipinski definition) is 0. The van der Waals surface area contributed by atoms with Crippen molar-refractivity contribution in [2.45, 2.75) is 37.4 Å². The molecule has 2 fully saturated rings. The fraction of sp³-hybridized carbons (Fsp3) is 0.556. The van der Waals surface area contributed by atoms with Crippen LogP contribution in [0.25, 0.3) is 5.82 Å². The molecule has 0 radical (unpaired) electrons. The lowest BCUT2D eigenvalue weighted by atomic mass is 9.81. The molecule has 8 heteroatoms. The highest BCUT2D eigenvalue weighted by molar-refractivity contribution is 5.94. The third-order valence-electron chi connectivity index (χ3n) is 5.44. The average Bonchev–Trinajstić information content (AvgIpc) is 3.23. The van der Waals surface area contributed by atoms with Gasteiger partial charge in [0.05, 0.1) is 11.7 Å². The molecule has 138 valence electrons. The number of rotatable bonds is 3. The van der Waals surface area contributed by atoms with Crippen LogP contribution < -0.4 is 0 Å². The summed E-state index contributed by atoms with van der Waals surface area (Å²) in [6.07, 6.45) is 8.55. The number of ether oxygens (including phenoxy) is 2. The highest BCUT2D eigenvalue weighted by atomic mass is 16.5. The van der Waals surface area contributed by atoms with Crippen molar-refractivity contribution in [2.24, 2.45) is 0 Å². The van der Waals surface area contributed by atoms with E-state index in [1.165, 1.54) is 0 Å². The summed E-state index contributed by atoms with van der Waals surface area (Å²) in [4.78, 5) is 19.1. The smallest absolute Gasteiger partial charge is 0.254 e. The molecule has 2 aromatic heterocycles. The summed E-state index contributed by atoms with van der Waals surface area (Å²) < 4.78 is 13.5. The number of aromatic nitrogens is 4. The molecule has 1 amide bonds. The predicted octanol–water partition coefficient (Wildman–Crippen LogP) is 1.46. The lowest BCUT2D eigenvalue weighted by molar-refractivity contribution is -0.183. The maximum atomic E-state index is 12.9. The second-order valence-electron chi connectivity index (χ2n) is 6.84. The van der Waals surface area contributed by atoms with Gasteiger partial charge in [0, 0.05) is 38.6 Å². The van der Waals surface area contributed by atoms with Gasteiger partial charge in [-0.1, -0.05) is 0 Å². The number of carbonyl (C=O) groups is 1. The van der Waals surface area contributed by atoms with Crippen LogP contribution in [0.1, 0.15) is 36.0 Å². The van der Waals surface area contributed by atoms with Gasteiger partial charge < -0.3 is 14.4 Å². The topological polar surface area (TPSA) is 82.4 Å².